The SMILES string of the molecule is NC(=S)N/N=C1\c2ccccc2-c2ccc(C(=O)O)cc21. The van der Waals surface area contributed by atoms with Crippen molar-refractivity contribution in [3.05, 3.63) is 59.2 Å². The summed E-state index contributed by atoms with van der Waals surface area (Å²) in [6, 6.07) is 12.7. The first-order chi connectivity index (χ1) is 10.1. The molecule has 1 aliphatic carbocycles. The van der Waals surface area contributed by atoms with Crippen LogP contribution in [0.1, 0.15) is 21.5 Å². The van der Waals surface area contributed by atoms with Gasteiger partial charge in [-0.1, -0.05) is 30.3 Å². The fourth-order valence-corrected chi connectivity index (χ4v) is 2.45. The molecule has 6 heteroatoms. The molecule has 0 heterocycles. The lowest BCUT2D eigenvalue weighted by Crippen LogP contribution is -2.25. The van der Waals surface area contributed by atoms with Crippen LogP contribution >= 0.6 is 12.2 Å². The summed E-state index contributed by atoms with van der Waals surface area (Å²) in [6.45, 7) is 0. The maximum absolute atomic E-state index is 11.2. The van der Waals surface area contributed by atoms with Gasteiger partial charge in [0.05, 0.1) is 11.3 Å². The highest BCUT2D eigenvalue weighted by Crippen LogP contribution is 2.37. The van der Waals surface area contributed by atoms with Crippen LogP contribution in [0.25, 0.3) is 11.1 Å². The Bertz CT molecular complexity index is 799. The van der Waals surface area contributed by atoms with Crippen molar-refractivity contribution in [1.82, 2.24) is 5.43 Å². The number of thiocarbonyl (C=S) groups is 1. The van der Waals surface area contributed by atoms with Gasteiger partial charge in [0.2, 0.25) is 0 Å². The number of nitrogens with one attached hydrogen (secondary N) is 1. The maximum atomic E-state index is 11.2. The summed E-state index contributed by atoms with van der Waals surface area (Å²) in [4.78, 5) is 11.2. The highest BCUT2D eigenvalue weighted by molar-refractivity contribution is 7.80. The van der Waals surface area contributed by atoms with E-state index in [1.807, 2.05) is 24.3 Å². The Morgan fingerprint density at radius 3 is 2.43 bits per heavy atom. The summed E-state index contributed by atoms with van der Waals surface area (Å²) in [6.07, 6.45) is 0. The third-order valence-electron chi connectivity index (χ3n) is 3.27. The Morgan fingerprint density at radius 1 is 1.10 bits per heavy atom. The number of aromatic carboxylic acids is 1. The van der Waals surface area contributed by atoms with E-state index in [9.17, 15) is 4.79 Å². The predicted molar refractivity (Wildman–Crippen MR) is 84.4 cm³/mol. The van der Waals surface area contributed by atoms with Crippen molar-refractivity contribution in [2.24, 2.45) is 10.8 Å². The van der Waals surface area contributed by atoms with E-state index in [0.717, 1.165) is 22.3 Å². The quantitative estimate of drug-likeness (QED) is 0.497. The second kappa shape index (κ2) is 4.99. The molecule has 0 spiro atoms. The Kier molecular flexibility index (Phi) is 3.15. The van der Waals surface area contributed by atoms with Gasteiger partial charge >= 0.3 is 5.97 Å². The monoisotopic (exact) mass is 297 g/mol. The van der Waals surface area contributed by atoms with Gasteiger partial charge in [-0.25, -0.2) is 4.79 Å². The Labute approximate surface area is 126 Å². The predicted octanol–water partition coefficient (Wildman–Crippen LogP) is 1.95. The van der Waals surface area contributed by atoms with E-state index in [-0.39, 0.29) is 10.7 Å². The molecule has 104 valence electrons. The molecular weight excluding hydrogens is 286 g/mol. The molecule has 0 amide bonds. The van der Waals surface area contributed by atoms with E-state index in [1.165, 1.54) is 0 Å². The molecule has 0 radical (unpaired) electrons. The molecule has 0 bridgehead atoms. The van der Waals surface area contributed by atoms with E-state index in [4.69, 9.17) is 23.1 Å². The summed E-state index contributed by atoms with van der Waals surface area (Å²) >= 11 is 4.76. The minimum absolute atomic E-state index is 0.0582. The van der Waals surface area contributed by atoms with E-state index in [2.05, 4.69) is 10.5 Å². The molecule has 2 aromatic carbocycles. The summed E-state index contributed by atoms with van der Waals surface area (Å²) in [5, 5.41) is 13.4. The zero-order chi connectivity index (χ0) is 15.0. The number of rotatable bonds is 2. The number of nitrogens with zero attached hydrogens (tertiary/aromatic N) is 1. The van der Waals surface area contributed by atoms with Crippen molar-refractivity contribution in [2.75, 3.05) is 0 Å². The summed E-state index contributed by atoms with van der Waals surface area (Å²) in [5.41, 5.74) is 12.4. The third-order valence-corrected chi connectivity index (χ3v) is 3.36. The average Bonchev–Trinajstić information content (AvgIpc) is 2.78. The number of carbonyl (C=O) groups is 1. The lowest BCUT2D eigenvalue weighted by molar-refractivity contribution is 0.0697. The first-order valence-corrected chi connectivity index (χ1v) is 6.59. The van der Waals surface area contributed by atoms with Gasteiger partial charge in [-0.05, 0) is 35.5 Å². The molecule has 0 unspecified atom stereocenters. The van der Waals surface area contributed by atoms with Crippen molar-refractivity contribution in [2.45, 2.75) is 0 Å². The van der Waals surface area contributed by atoms with Crippen LogP contribution in [0, 0.1) is 0 Å². The number of carboxylic acids is 1. The molecule has 2 aromatic rings. The maximum Gasteiger partial charge on any atom is 0.335 e. The number of nitrogens with two attached hydrogens (primary N) is 1. The molecule has 0 aromatic heterocycles. The molecule has 0 aliphatic heterocycles. The van der Waals surface area contributed by atoms with Crippen LogP contribution < -0.4 is 11.2 Å². The molecular formula is C15H11N3O2S. The number of carboxylic acid groups (broad SMARTS) is 1. The molecule has 3 rings (SSSR count). The van der Waals surface area contributed by atoms with Crippen LogP contribution in [0.15, 0.2) is 47.6 Å². The van der Waals surface area contributed by atoms with E-state index in [0.29, 0.717) is 5.71 Å². The van der Waals surface area contributed by atoms with Gasteiger partial charge in [-0.3, -0.25) is 5.43 Å². The number of hydrogen-bond donors (Lipinski definition) is 3. The fraction of sp³-hybridized carbons (Fsp3) is 0. The van der Waals surface area contributed by atoms with Crippen molar-refractivity contribution in [3.63, 3.8) is 0 Å². The highest BCUT2D eigenvalue weighted by Gasteiger charge is 2.25. The standard InChI is InChI=1S/C15H11N3O2S/c16-15(21)18-17-13-11-4-2-1-3-9(11)10-6-5-8(14(19)20)7-12(10)13/h1-7H,(H,19,20)(H3,16,18,21)/b17-13+. The fourth-order valence-electron chi connectivity index (χ4n) is 2.41. The van der Waals surface area contributed by atoms with Gasteiger partial charge in [-0.2, -0.15) is 5.10 Å². The summed E-state index contributed by atoms with van der Waals surface area (Å²) < 4.78 is 0. The normalized spacial score (nSPS) is 13.6. The van der Waals surface area contributed by atoms with Crippen LogP contribution in [-0.2, 0) is 0 Å². The van der Waals surface area contributed by atoms with Gasteiger partial charge in [0.15, 0.2) is 5.11 Å². The lowest BCUT2D eigenvalue weighted by atomic mass is 10.0. The van der Waals surface area contributed by atoms with Crippen LogP contribution in [0.2, 0.25) is 0 Å². The third kappa shape index (κ3) is 2.25. The minimum Gasteiger partial charge on any atom is -0.478 e. The van der Waals surface area contributed by atoms with Crippen LogP contribution in [-0.4, -0.2) is 21.9 Å². The van der Waals surface area contributed by atoms with Crippen molar-refractivity contribution < 1.29 is 9.90 Å². The van der Waals surface area contributed by atoms with Crippen LogP contribution in [0.5, 0.6) is 0 Å². The minimum atomic E-state index is -0.976. The van der Waals surface area contributed by atoms with Gasteiger partial charge in [-0.15, -0.1) is 0 Å². The number of hydrogen-bond acceptors (Lipinski definition) is 3. The zero-order valence-corrected chi connectivity index (χ0v) is 11.6. The summed E-state index contributed by atoms with van der Waals surface area (Å²) in [7, 11) is 0. The average molecular weight is 297 g/mol. The van der Waals surface area contributed by atoms with Gasteiger partial charge in [0.25, 0.3) is 0 Å². The number of benzene rings is 2. The molecule has 0 atom stereocenters. The van der Waals surface area contributed by atoms with E-state index < -0.39 is 5.97 Å². The smallest absolute Gasteiger partial charge is 0.335 e. The molecule has 1 aliphatic rings. The number of hydrazone groups is 1. The zero-order valence-electron chi connectivity index (χ0n) is 10.8. The molecule has 21 heavy (non-hydrogen) atoms. The number of fused-ring (bicyclic) bond motifs is 3. The lowest BCUT2D eigenvalue weighted by Gasteiger charge is -2.03. The second-order valence-corrected chi connectivity index (χ2v) is 4.99. The van der Waals surface area contributed by atoms with E-state index in [1.54, 1.807) is 18.2 Å². The molecule has 5 nitrogen and oxygen atoms in total. The van der Waals surface area contributed by atoms with Crippen molar-refractivity contribution in [3.8, 4) is 11.1 Å². The summed E-state index contributed by atoms with van der Waals surface area (Å²) in [5.74, 6) is -0.976. The first-order valence-electron chi connectivity index (χ1n) is 6.18. The van der Waals surface area contributed by atoms with E-state index >= 15 is 0 Å². The Hall–Kier alpha value is -2.73. The Morgan fingerprint density at radius 2 is 1.76 bits per heavy atom. The van der Waals surface area contributed by atoms with Gasteiger partial charge in [0, 0.05) is 11.1 Å². The first kappa shape index (κ1) is 13.3. The topological polar surface area (TPSA) is 87.7 Å². The molecule has 0 saturated heterocycles. The van der Waals surface area contributed by atoms with Gasteiger partial charge in [0.1, 0.15) is 0 Å². The molecule has 0 fully saturated rings. The molecule has 0 saturated carbocycles. The van der Waals surface area contributed by atoms with Gasteiger partial charge < -0.3 is 10.8 Å². The largest absolute Gasteiger partial charge is 0.478 e. The molecule has 4 N–H and O–H groups in total. The van der Waals surface area contributed by atoms with Crippen LogP contribution in [0.4, 0.5) is 0 Å². The second-order valence-electron chi connectivity index (χ2n) is 4.55. The van der Waals surface area contributed by atoms with Crippen LogP contribution in [0.3, 0.4) is 0 Å². The Balaban J connectivity index is 2.22. The highest BCUT2D eigenvalue weighted by atomic mass is 32.1. The van der Waals surface area contributed by atoms with Crippen molar-refractivity contribution >= 4 is 29.0 Å². The van der Waals surface area contributed by atoms with Crippen molar-refractivity contribution in [1.29, 1.82) is 0 Å².